The van der Waals surface area contributed by atoms with Crippen molar-refractivity contribution in [3.05, 3.63) is 11.9 Å². The van der Waals surface area contributed by atoms with Crippen LogP contribution in [0.5, 0.6) is 0 Å². The van der Waals surface area contributed by atoms with Gasteiger partial charge in [-0.3, -0.25) is 0 Å². The van der Waals surface area contributed by atoms with E-state index in [4.69, 9.17) is 10.5 Å². The molecule has 1 aliphatic heterocycles. The van der Waals surface area contributed by atoms with Crippen molar-refractivity contribution in [2.75, 3.05) is 31.7 Å². The second-order valence-corrected chi connectivity index (χ2v) is 4.89. The van der Waals surface area contributed by atoms with E-state index in [0.29, 0.717) is 12.6 Å². The van der Waals surface area contributed by atoms with E-state index in [-0.39, 0.29) is 6.04 Å². The molecule has 96 valence electrons. The molecule has 0 spiro atoms. The number of ether oxygens (including phenoxy) is 1. The number of nitrogens with two attached hydrogens (primary N) is 1. The minimum atomic E-state index is 0.276. The van der Waals surface area contributed by atoms with Gasteiger partial charge in [0.15, 0.2) is 0 Å². The quantitative estimate of drug-likeness (QED) is 0.848. The molecule has 0 radical (unpaired) electrons. The van der Waals surface area contributed by atoms with Gasteiger partial charge in [0.1, 0.15) is 0 Å². The molecule has 1 aliphatic rings. The molecule has 1 aromatic rings. The van der Waals surface area contributed by atoms with Crippen molar-refractivity contribution in [3.63, 3.8) is 0 Å². The summed E-state index contributed by atoms with van der Waals surface area (Å²) < 4.78 is 7.41. The van der Waals surface area contributed by atoms with Gasteiger partial charge in [-0.15, -0.1) is 0 Å². The average molecular weight is 238 g/mol. The van der Waals surface area contributed by atoms with Gasteiger partial charge >= 0.3 is 0 Å². The Bertz CT molecular complexity index is 377. The summed E-state index contributed by atoms with van der Waals surface area (Å²) in [5, 5.41) is 0. The third-order valence-corrected chi connectivity index (χ3v) is 3.22. The fraction of sp³-hybridized carbons (Fsp3) is 0.750. The molecule has 2 rings (SSSR count). The zero-order valence-corrected chi connectivity index (χ0v) is 10.9. The maximum absolute atomic E-state index is 5.95. The van der Waals surface area contributed by atoms with Crippen LogP contribution in [-0.4, -0.2) is 42.4 Å². The molecular weight excluding hydrogens is 216 g/mol. The summed E-state index contributed by atoms with van der Waals surface area (Å²) in [6.45, 7) is 6.76. The van der Waals surface area contributed by atoms with E-state index < -0.39 is 0 Å². The van der Waals surface area contributed by atoms with E-state index in [1.165, 1.54) is 0 Å². The lowest BCUT2D eigenvalue weighted by Gasteiger charge is -2.22. The molecule has 1 fully saturated rings. The fourth-order valence-corrected chi connectivity index (χ4v) is 2.35. The minimum absolute atomic E-state index is 0.276. The van der Waals surface area contributed by atoms with Crippen LogP contribution in [-0.2, 0) is 4.74 Å². The van der Waals surface area contributed by atoms with Gasteiger partial charge < -0.3 is 19.9 Å². The Morgan fingerprint density at radius 2 is 2.41 bits per heavy atom. The van der Waals surface area contributed by atoms with Crippen LogP contribution in [0.25, 0.3) is 0 Å². The smallest absolute Gasteiger partial charge is 0.206 e. The van der Waals surface area contributed by atoms with Crippen LogP contribution in [0.2, 0.25) is 0 Å². The number of aryl methyl sites for hydroxylation is 1. The van der Waals surface area contributed by atoms with E-state index in [2.05, 4.69) is 27.6 Å². The van der Waals surface area contributed by atoms with Crippen LogP contribution in [0.3, 0.4) is 0 Å². The first-order valence-electron chi connectivity index (χ1n) is 6.16. The summed E-state index contributed by atoms with van der Waals surface area (Å²) in [5.74, 6) is 1.03. The van der Waals surface area contributed by atoms with E-state index in [9.17, 15) is 0 Å². The predicted octanol–water partition coefficient (Wildman–Crippen LogP) is 0.936. The van der Waals surface area contributed by atoms with Gasteiger partial charge in [-0.05, 0) is 20.3 Å². The standard InChI is InChI=1S/C12H22N4O/c1-9-6-16(10(2)8-17-3)12(14-9)15-5-4-11(13)7-15/h6,10-11H,4-5,7-8,13H2,1-3H3. The molecule has 0 bridgehead atoms. The highest BCUT2D eigenvalue weighted by Gasteiger charge is 2.24. The van der Waals surface area contributed by atoms with Crippen molar-refractivity contribution < 1.29 is 4.74 Å². The average Bonchev–Trinajstić information content (AvgIpc) is 2.84. The predicted molar refractivity (Wildman–Crippen MR) is 68.4 cm³/mol. The highest BCUT2D eigenvalue weighted by Crippen LogP contribution is 2.23. The van der Waals surface area contributed by atoms with Crippen LogP contribution < -0.4 is 10.6 Å². The molecule has 5 heteroatoms. The van der Waals surface area contributed by atoms with Crippen LogP contribution in [0.1, 0.15) is 25.1 Å². The zero-order chi connectivity index (χ0) is 12.4. The summed E-state index contributed by atoms with van der Waals surface area (Å²) in [5.41, 5.74) is 7.00. The van der Waals surface area contributed by atoms with Gasteiger partial charge in [0, 0.05) is 32.4 Å². The normalized spacial score (nSPS) is 22.1. The zero-order valence-electron chi connectivity index (χ0n) is 10.9. The lowest BCUT2D eigenvalue weighted by Crippen LogP contribution is -2.29. The largest absolute Gasteiger partial charge is 0.383 e. The Kier molecular flexibility index (Phi) is 3.69. The van der Waals surface area contributed by atoms with Gasteiger partial charge in [-0.25, -0.2) is 4.98 Å². The Labute approximate surface area is 103 Å². The van der Waals surface area contributed by atoms with Gasteiger partial charge in [0.2, 0.25) is 5.95 Å². The SMILES string of the molecule is COCC(C)n1cc(C)nc1N1CCC(N)C1. The van der Waals surface area contributed by atoms with E-state index in [1.807, 2.05) is 6.92 Å². The molecule has 2 N–H and O–H groups in total. The number of imidazole rings is 1. The maximum atomic E-state index is 5.95. The molecule has 5 nitrogen and oxygen atoms in total. The van der Waals surface area contributed by atoms with Crippen molar-refractivity contribution in [2.45, 2.75) is 32.4 Å². The molecular formula is C12H22N4O. The summed E-state index contributed by atoms with van der Waals surface area (Å²) >= 11 is 0. The second-order valence-electron chi connectivity index (χ2n) is 4.89. The van der Waals surface area contributed by atoms with E-state index in [0.717, 1.165) is 31.2 Å². The molecule has 1 aromatic heterocycles. The highest BCUT2D eigenvalue weighted by atomic mass is 16.5. The molecule has 0 saturated carbocycles. The van der Waals surface area contributed by atoms with Gasteiger partial charge in [-0.2, -0.15) is 0 Å². The van der Waals surface area contributed by atoms with Crippen molar-refractivity contribution in [1.29, 1.82) is 0 Å². The Morgan fingerprint density at radius 3 is 3.00 bits per heavy atom. The molecule has 0 amide bonds. The van der Waals surface area contributed by atoms with Gasteiger partial charge in [-0.1, -0.05) is 0 Å². The molecule has 0 aliphatic carbocycles. The summed E-state index contributed by atoms with van der Waals surface area (Å²) in [6, 6.07) is 0.575. The van der Waals surface area contributed by atoms with Crippen LogP contribution in [0, 0.1) is 6.92 Å². The lowest BCUT2D eigenvalue weighted by molar-refractivity contribution is 0.162. The molecule has 17 heavy (non-hydrogen) atoms. The second kappa shape index (κ2) is 5.06. The number of hydrogen-bond acceptors (Lipinski definition) is 4. The highest BCUT2D eigenvalue weighted by molar-refractivity contribution is 5.36. The molecule has 2 unspecified atom stereocenters. The Balaban J connectivity index is 2.21. The number of nitrogens with zero attached hydrogens (tertiary/aromatic N) is 3. The fourth-order valence-electron chi connectivity index (χ4n) is 2.35. The number of anilines is 1. The van der Waals surface area contributed by atoms with E-state index >= 15 is 0 Å². The number of rotatable bonds is 4. The maximum Gasteiger partial charge on any atom is 0.206 e. The number of methoxy groups -OCH3 is 1. The third kappa shape index (κ3) is 2.61. The van der Waals surface area contributed by atoms with Crippen molar-refractivity contribution in [2.24, 2.45) is 5.73 Å². The monoisotopic (exact) mass is 238 g/mol. The van der Waals surface area contributed by atoms with E-state index in [1.54, 1.807) is 7.11 Å². The molecule has 2 heterocycles. The van der Waals surface area contributed by atoms with Crippen molar-refractivity contribution >= 4 is 5.95 Å². The summed E-state index contributed by atoms with van der Waals surface area (Å²) in [6.07, 6.45) is 3.13. The van der Waals surface area contributed by atoms with Crippen molar-refractivity contribution in [1.82, 2.24) is 9.55 Å². The third-order valence-electron chi connectivity index (χ3n) is 3.22. The van der Waals surface area contributed by atoms with Gasteiger partial charge in [0.25, 0.3) is 0 Å². The molecule has 1 saturated heterocycles. The first kappa shape index (κ1) is 12.4. The first-order valence-corrected chi connectivity index (χ1v) is 6.16. The van der Waals surface area contributed by atoms with Crippen LogP contribution >= 0.6 is 0 Å². The van der Waals surface area contributed by atoms with Crippen molar-refractivity contribution in [3.8, 4) is 0 Å². The number of aromatic nitrogens is 2. The van der Waals surface area contributed by atoms with Crippen LogP contribution in [0.4, 0.5) is 5.95 Å². The van der Waals surface area contributed by atoms with Gasteiger partial charge in [0.05, 0.1) is 18.3 Å². The lowest BCUT2D eigenvalue weighted by atomic mass is 10.3. The topological polar surface area (TPSA) is 56.3 Å². The Morgan fingerprint density at radius 1 is 1.65 bits per heavy atom. The molecule has 2 atom stereocenters. The summed E-state index contributed by atoms with van der Waals surface area (Å²) in [4.78, 5) is 6.88. The van der Waals surface area contributed by atoms with Crippen LogP contribution in [0.15, 0.2) is 6.20 Å². The Hall–Kier alpha value is -1.07. The first-order chi connectivity index (χ1) is 8.11. The number of hydrogen-bond donors (Lipinski definition) is 1. The minimum Gasteiger partial charge on any atom is -0.383 e. The summed E-state index contributed by atoms with van der Waals surface area (Å²) in [7, 11) is 1.73. The molecule has 0 aromatic carbocycles.